The molecular weight excluding hydrogens is 232 g/mol. The monoisotopic (exact) mass is 244 g/mol. The van der Waals surface area contributed by atoms with Gasteiger partial charge in [-0.15, -0.1) is 0 Å². The zero-order chi connectivity index (χ0) is 13.3. The van der Waals surface area contributed by atoms with Crippen molar-refractivity contribution >= 4 is 23.4 Å². The maximum Gasteiger partial charge on any atom is 0.259 e. The number of imide groups is 1. The van der Waals surface area contributed by atoms with E-state index in [9.17, 15) is 14.4 Å². The lowest BCUT2D eigenvalue weighted by Gasteiger charge is -2.03. The molecule has 0 saturated carbocycles. The van der Waals surface area contributed by atoms with Gasteiger partial charge in [-0.3, -0.25) is 19.7 Å². The number of allylic oxidation sites excluding steroid dienone is 1. The van der Waals surface area contributed by atoms with Gasteiger partial charge in [-0.05, 0) is 32.0 Å². The highest BCUT2D eigenvalue weighted by molar-refractivity contribution is 6.22. The maximum absolute atomic E-state index is 11.5. The number of carbonyl (C=O) groups is 3. The van der Waals surface area contributed by atoms with Crippen LogP contribution in [-0.4, -0.2) is 17.7 Å². The molecule has 3 amide bonds. The van der Waals surface area contributed by atoms with Gasteiger partial charge in [0, 0.05) is 11.8 Å². The predicted molar refractivity (Wildman–Crippen MR) is 66.3 cm³/mol. The van der Waals surface area contributed by atoms with Crippen molar-refractivity contribution in [3.63, 3.8) is 0 Å². The fraction of sp³-hybridized carbons (Fsp3) is 0.154. The van der Waals surface area contributed by atoms with Gasteiger partial charge in [0.25, 0.3) is 11.8 Å². The molecular formula is C13H12N2O3. The lowest BCUT2D eigenvalue weighted by Crippen LogP contribution is -2.19. The number of anilines is 1. The number of carbonyl (C=O) groups excluding carboxylic acids is 3. The SMILES string of the molecule is CC(C)=CC(=O)Nc1ccc2c(c1)C(=O)NC2=O. The van der Waals surface area contributed by atoms with E-state index in [1.807, 2.05) is 13.8 Å². The molecule has 1 aliphatic rings. The van der Waals surface area contributed by atoms with E-state index in [2.05, 4.69) is 10.6 Å². The molecule has 0 aromatic heterocycles. The van der Waals surface area contributed by atoms with Gasteiger partial charge in [0.05, 0.1) is 11.1 Å². The summed E-state index contributed by atoms with van der Waals surface area (Å²) in [5, 5.41) is 4.82. The zero-order valence-electron chi connectivity index (χ0n) is 10.0. The highest BCUT2D eigenvalue weighted by Gasteiger charge is 2.26. The van der Waals surface area contributed by atoms with Gasteiger partial charge in [-0.25, -0.2) is 0 Å². The number of hydrogen-bond acceptors (Lipinski definition) is 3. The Morgan fingerprint density at radius 2 is 1.83 bits per heavy atom. The lowest BCUT2D eigenvalue weighted by atomic mass is 10.1. The Morgan fingerprint density at radius 1 is 1.17 bits per heavy atom. The van der Waals surface area contributed by atoms with Gasteiger partial charge in [-0.2, -0.15) is 0 Å². The third-order valence-corrected chi connectivity index (χ3v) is 2.42. The summed E-state index contributed by atoms with van der Waals surface area (Å²) in [4.78, 5) is 34.3. The average Bonchev–Trinajstić information content (AvgIpc) is 2.53. The van der Waals surface area contributed by atoms with Crippen LogP contribution in [0, 0.1) is 0 Å². The Hall–Kier alpha value is -2.43. The quantitative estimate of drug-likeness (QED) is 0.611. The fourth-order valence-electron chi connectivity index (χ4n) is 1.69. The number of amides is 3. The Bertz CT molecular complexity index is 584. The molecule has 1 aromatic carbocycles. The molecule has 2 N–H and O–H groups in total. The van der Waals surface area contributed by atoms with Crippen molar-refractivity contribution in [2.75, 3.05) is 5.32 Å². The summed E-state index contributed by atoms with van der Waals surface area (Å²) in [6.07, 6.45) is 1.46. The molecule has 2 rings (SSSR count). The lowest BCUT2D eigenvalue weighted by molar-refractivity contribution is -0.111. The molecule has 0 atom stereocenters. The van der Waals surface area contributed by atoms with E-state index < -0.39 is 11.8 Å². The van der Waals surface area contributed by atoms with Crippen LogP contribution < -0.4 is 10.6 Å². The molecule has 0 radical (unpaired) electrons. The first-order valence-corrected chi connectivity index (χ1v) is 5.43. The summed E-state index contributed by atoms with van der Waals surface area (Å²) in [5.74, 6) is -1.11. The van der Waals surface area contributed by atoms with Crippen molar-refractivity contribution in [2.45, 2.75) is 13.8 Å². The van der Waals surface area contributed by atoms with Crippen molar-refractivity contribution < 1.29 is 14.4 Å². The van der Waals surface area contributed by atoms with Crippen molar-refractivity contribution in [3.05, 3.63) is 41.0 Å². The van der Waals surface area contributed by atoms with Crippen LogP contribution in [-0.2, 0) is 4.79 Å². The summed E-state index contributed by atoms with van der Waals surface area (Å²) in [6.45, 7) is 3.63. The number of hydrogen-bond donors (Lipinski definition) is 2. The number of rotatable bonds is 2. The predicted octanol–water partition coefficient (Wildman–Crippen LogP) is 1.47. The first kappa shape index (κ1) is 12.0. The second-order valence-electron chi connectivity index (χ2n) is 4.25. The molecule has 0 aliphatic carbocycles. The number of nitrogens with one attached hydrogen (secondary N) is 2. The zero-order valence-corrected chi connectivity index (χ0v) is 10.0. The molecule has 0 spiro atoms. The molecule has 0 unspecified atom stereocenters. The van der Waals surface area contributed by atoms with Gasteiger partial charge in [-0.1, -0.05) is 5.57 Å². The van der Waals surface area contributed by atoms with Crippen molar-refractivity contribution in [2.24, 2.45) is 0 Å². The molecule has 0 bridgehead atoms. The Labute approximate surface area is 104 Å². The molecule has 5 nitrogen and oxygen atoms in total. The van der Waals surface area contributed by atoms with Gasteiger partial charge in [0.15, 0.2) is 0 Å². The van der Waals surface area contributed by atoms with Crippen LogP contribution >= 0.6 is 0 Å². The minimum atomic E-state index is -0.437. The van der Waals surface area contributed by atoms with E-state index in [-0.39, 0.29) is 11.5 Å². The normalized spacial score (nSPS) is 12.8. The molecule has 1 aromatic rings. The molecule has 18 heavy (non-hydrogen) atoms. The second kappa shape index (κ2) is 4.44. The van der Waals surface area contributed by atoms with Crippen LogP contribution in [0.2, 0.25) is 0 Å². The van der Waals surface area contributed by atoms with Crippen LogP contribution in [0.3, 0.4) is 0 Å². The topological polar surface area (TPSA) is 75.3 Å². The minimum absolute atomic E-state index is 0.264. The third kappa shape index (κ3) is 2.29. The number of benzene rings is 1. The summed E-state index contributed by atoms with van der Waals surface area (Å²) in [7, 11) is 0. The van der Waals surface area contributed by atoms with Gasteiger partial charge >= 0.3 is 0 Å². The number of fused-ring (bicyclic) bond motifs is 1. The van der Waals surface area contributed by atoms with E-state index in [0.717, 1.165) is 5.57 Å². The van der Waals surface area contributed by atoms with Crippen LogP contribution in [0.25, 0.3) is 0 Å². The third-order valence-electron chi connectivity index (χ3n) is 2.42. The summed E-state index contributed by atoms with van der Waals surface area (Å²) in [6, 6.07) is 4.60. The minimum Gasteiger partial charge on any atom is -0.322 e. The van der Waals surface area contributed by atoms with E-state index >= 15 is 0 Å². The summed E-state index contributed by atoms with van der Waals surface area (Å²) >= 11 is 0. The Kier molecular flexibility index (Phi) is 2.97. The summed E-state index contributed by atoms with van der Waals surface area (Å²) in [5.41, 5.74) is 1.98. The fourth-order valence-corrected chi connectivity index (χ4v) is 1.69. The van der Waals surface area contributed by atoms with E-state index in [0.29, 0.717) is 11.3 Å². The smallest absolute Gasteiger partial charge is 0.259 e. The van der Waals surface area contributed by atoms with Gasteiger partial charge in [0.1, 0.15) is 0 Å². The molecule has 0 fully saturated rings. The second-order valence-corrected chi connectivity index (χ2v) is 4.25. The molecule has 92 valence electrons. The maximum atomic E-state index is 11.5. The average molecular weight is 244 g/mol. The Balaban J connectivity index is 2.25. The highest BCUT2D eigenvalue weighted by Crippen LogP contribution is 2.20. The van der Waals surface area contributed by atoms with Crippen molar-refractivity contribution in [1.29, 1.82) is 0 Å². The first-order chi connectivity index (χ1) is 8.47. The largest absolute Gasteiger partial charge is 0.322 e. The first-order valence-electron chi connectivity index (χ1n) is 5.43. The van der Waals surface area contributed by atoms with Crippen LogP contribution in [0.5, 0.6) is 0 Å². The van der Waals surface area contributed by atoms with Crippen LogP contribution in [0.1, 0.15) is 34.6 Å². The van der Waals surface area contributed by atoms with Gasteiger partial charge < -0.3 is 5.32 Å². The van der Waals surface area contributed by atoms with Crippen molar-refractivity contribution in [3.8, 4) is 0 Å². The Morgan fingerprint density at radius 3 is 2.50 bits per heavy atom. The molecule has 5 heteroatoms. The van der Waals surface area contributed by atoms with E-state index in [1.54, 1.807) is 6.07 Å². The molecule has 1 aliphatic heterocycles. The molecule has 1 heterocycles. The van der Waals surface area contributed by atoms with E-state index in [4.69, 9.17) is 0 Å². The standard InChI is InChI=1S/C13H12N2O3/c1-7(2)5-11(16)14-8-3-4-9-10(6-8)13(18)15-12(9)17/h3-6H,1-2H3,(H,14,16)(H,15,17,18). The van der Waals surface area contributed by atoms with Crippen molar-refractivity contribution in [1.82, 2.24) is 5.32 Å². The highest BCUT2D eigenvalue weighted by atomic mass is 16.2. The van der Waals surface area contributed by atoms with E-state index in [1.165, 1.54) is 18.2 Å². The van der Waals surface area contributed by atoms with Crippen LogP contribution in [0.15, 0.2) is 29.8 Å². The molecule has 0 saturated heterocycles. The van der Waals surface area contributed by atoms with Crippen LogP contribution in [0.4, 0.5) is 5.69 Å². The summed E-state index contributed by atoms with van der Waals surface area (Å²) < 4.78 is 0. The van der Waals surface area contributed by atoms with Gasteiger partial charge in [0.2, 0.25) is 5.91 Å².